The first kappa shape index (κ1) is 16.8. The van der Waals surface area contributed by atoms with Crippen LogP contribution in [-0.2, 0) is 9.47 Å². The highest BCUT2D eigenvalue weighted by Crippen LogP contribution is 2.19. The van der Waals surface area contributed by atoms with Crippen molar-refractivity contribution in [2.24, 2.45) is 4.99 Å². The lowest BCUT2D eigenvalue weighted by molar-refractivity contribution is -0.0449. The first-order valence-electron chi connectivity index (χ1n) is 6.49. The quantitative estimate of drug-likeness (QED) is 0.342. The fourth-order valence-corrected chi connectivity index (χ4v) is 3.02. The molecule has 0 rings (SSSR count). The Morgan fingerprint density at radius 2 is 1.82 bits per heavy atom. The highest BCUT2D eigenvalue weighted by molar-refractivity contribution is 6.38. The van der Waals surface area contributed by atoms with E-state index in [4.69, 9.17) is 9.47 Å². The molecule has 4 heteroatoms. The van der Waals surface area contributed by atoms with E-state index in [2.05, 4.69) is 25.8 Å². The first-order chi connectivity index (χ1) is 8.17. The lowest BCUT2D eigenvalue weighted by Crippen LogP contribution is -2.25. The van der Waals surface area contributed by atoms with Gasteiger partial charge < -0.3 is 9.47 Å². The SMILES string of the molecule is CCCC(CCN=C(C)CC)[Si]C(OC)OC. The summed E-state index contributed by atoms with van der Waals surface area (Å²) in [7, 11) is 4.14. The lowest BCUT2D eigenvalue weighted by Gasteiger charge is -2.19. The molecule has 1 atom stereocenters. The number of methoxy groups -OCH3 is 2. The molecule has 0 heterocycles. The van der Waals surface area contributed by atoms with Crippen LogP contribution in [0.15, 0.2) is 4.99 Å². The predicted octanol–water partition coefficient (Wildman–Crippen LogP) is 3.12. The third-order valence-electron chi connectivity index (χ3n) is 2.81. The van der Waals surface area contributed by atoms with Gasteiger partial charge in [-0.2, -0.15) is 0 Å². The molecule has 0 aliphatic rings. The van der Waals surface area contributed by atoms with Gasteiger partial charge in [-0.15, -0.1) is 0 Å². The maximum atomic E-state index is 5.28. The lowest BCUT2D eigenvalue weighted by atomic mass is 10.2. The molecule has 0 amide bonds. The summed E-state index contributed by atoms with van der Waals surface area (Å²) in [5.74, 6) is -0.0391. The van der Waals surface area contributed by atoms with Gasteiger partial charge in [-0.25, -0.2) is 0 Å². The molecule has 0 saturated heterocycles. The molecule has 0 saturated carbocycles. The highest BCUT2D eigenvalue weighted by Gasteiger charge is 2.16. The summed E-state index contributed by atoms with van der Waals surface area (Å²) >= 11 is 0. The second-order valence-electron chi connectivity index (χ2n) is 4.21. The average molecular weight is 257 g/mol. The predicted molar refractivity (Wildman–Crippen MR) is 75.1 cm³/mol. The fourth-order valence-electron chi connectivity index (χ4n) is 1.61. The molecule has 0 fully saturated rings. The van der Waals surface area contributed by atoms with Gasteiger partial charge in [0, 0.05) is 26.5 Å². The molecule has 100 valence electrons. The summed E-state index contributed by atoms with van der Waals surface area (Å²) in [5.41, 5.74) is 1.93. The number of rotatable bonds is 10. The Morgan fingerprint density at radius 3 is 2.29 bits per heavy atom. The van der Waals surface area contributed by atoms with Gasteiger partial charge in [0.15, 0.2) is 0 Å². The Labute approximate surface area is 109 Å². The fraction of sp³-hybridized carbons (Fsp3) is 0.923. The van der Waals surface area contributed by atoms with Crippen molar-refractivity contribution in [2.75, 3.05) is 20.8 Å². The van der Waals surface area contributed by atoms with Gasteiger partial charge in [0.2, 0.25) is 0 Å². The van der Waals surface area contributed by atoms with Crippen LogP contribution in [0, 0.1) is 0 Å². The Bertz CT molecular complexity index is 206. The van der Waals surface area contributed by atoms with Crippen LogP contribution in [-0.4, -0.2) is 41.9 Å². The number of hydrogen-bond acceptors (Lipinski definition) is 3. The molecular formula is C13H27NO2Si. The minimum absolute atomic E-state index is 0.0391. The van der Waals surface area contributed by atoms with Gasteiger partial charge in [-0.1, -0.05) is 26.7 Å². The number of nitrogens with zero attached hydrogens (tertiary/aromatic N) is 1. The third kappa shape index (κ3) is 8.52. The maximum absolute atomic E-state index is 5.28. The number of hydrogen-bond donors (Lipinski definition) is 0. The van der Waals surface area contributed by atoms with Gasteiger partial charge in [0.05, 0.1) is 0 Å². The molecule has 17 heavy (non-hydrogen) atoms. The van der Waals surface area contributed by atoms with Crippen molar-refractivity contribution in [1.29, 1.82) is 0 Å². The van der Waals surface area contributed by atoms with Crippen LogP contribution in [0.4, 0.5) is 0 Å². The van der Waals surface area contributed by atoms with Crippen molar-refractivity contribution in [2.45, 2.75) is 57.9 Å². The zero-order chi connectivity index (χ0) is 13.1. The van der Waals surface area contributed by atoms with Crippen LogP contribution in [0.5, 0.6) is 0 Å². The minimum atomic E-state index is -0.0391. The van der Waals surface area contributed by atoms with Crippen molar-refractivity contribution in [3.63, 3.8) is 0 Å². The molecule has 0 N–H and O–H groups in total. The van der Waals surface area contributed by atoms with Crippen LogP contribution >= 0.6 is 0 Å². The summed E-state index contributed by atoms with van der Waals surface area (Å²) in [6, 6.07) is 0. The summed E-state index contributed by atoms with van der Waals surface area (Å²) in [6.07, 6.45) is 4.66. The molecule has 1 unspecified atom stereocenters. The Kier molecular flexibility index (Phi) is 10.8. The van der Waals surface area contributed by atoms with Crippen LogP contribution in [0.2, 0.25) is 5.54 Å². The molecule has 3 nitrogen and oxygen atoms in total. The molecule has 0 aromatic carbocycles. The molecule has 0 spiro atoms. The van der Waals surface area contributed by atoms with E-state index in [1.807, 2.05) is 0 Å². The Balaban J connectivity index is 4.05. The molecular weight excluding hydrogens is 230 g/mol. The van der Waals surface area contributed by atoms with E-state index in [-0.39, 0.29) is 5.91 Å². The van der Waals surface area contributed by atoms with E-state index < -0.39 is 0 Å². The van der Waals surface area contributed by atoms with Gasteiger partial charge in [0.1, 0.15) is 15.4 Å². The summed E-state index contributed by atoms with van der Waals surface area (Å²) in [5, 5.41) is 0. The van der Waals surface area contributed by atoms with Gasteiger partial charge in [0.25, 0.3) is 0 Å². The normalized spacial score (nSPS) is 14.4. The standard InChI is InChI=1S/C13H27NO2Si/c1-6-8-12(17-13(15-4)16-5)9-10-14-11(3)7-2/h12-13H,6-10H2,1-5H3. The zero-order valence-electron chi connectivity index (χ0n) is 12.0. The first-order valence-corrected chi connectivity index (χ1v) is 7.64. The van der Waals surface area contributed by atoms with Crippen molar-refractivity contribution in [1.82, 2.24) is 0 Å². The van der Waals surface area contributed by atoms with Crippen molar-refractivity contribution < 1.29 is 9.47 Å². The van der Waals surface area contributed by atoms with Crippen LogP contribution < -0.4 is 0 Å². The van der Waals surface area contributed by atoms with E-state index in [0.717, 1.165) is 19.4 Å². The summed E-state index contributed by atoms with van der Waals surface area (Å²) < 4.78 is 10.6. The smallest absolute Gasteiger partial charge is 0.136 e. The Morgan fingerprint density at radius 1 is 1.18 bits per heavy atom. The molecule has 0 aliphatic carbocycles. The monoisotopic (exact) mass is 257 g/mol. The van der Waals surface area contributed by atoms with Crippen molar-refractivity contribution in [3.8, 4) is 0 Å². The zero-order valence-corrected chi connectivity index (χ0v) is 13.0. The summed E-state index contributed by atoms with van der Waals surface area (Å²) in [4.78, 5) is 4.56. The van der Waals surface area contributed by atoms with E-state index in [1.165, 1.54) is 18.6 Å². The van der Waals surface area contributed by atoms with Crippen LogP contribution in [0.3, 0.4) is 0 Å². The molecule has 2 radical (unpaired) electrons. The largest absolute Gasteiger partial charge is 0.360 e. The number of ether oxygens (including phenoxy) is 2. The van der Waals surface area contributed by atoms with Gasteiger partial charge in [-0.05, 0) is 25.3 Å². The van der Waals surface area contributed by atoms with Crippen molar-refractivity contribution >= 4 is 15.2 Å². The van der Waals surface area contributed by atoms with Gasteiger partial charge in [-0.3, -0.25) is 4.99 Å². The van der Waals surface area contributed by atoms with Gasteiger partial charge >= 0.3 is 0 Å². The third-order valence-corrected chi connectivity index (χ3v) is 4.60. The van der Waals surface area contributed by atoms with Crippen LogP contribution in [0.1, 0.15) is 46.5 Å². The molecule has 0 aliphatic heterocycles. The maximum Gasteiger partial charge on any atom is 0.136 e. The minimum Gasteiger partial charge on any atom is -0.360 e. The average Bonchev–Trinajstić information content (AvgIpc) is 2.35. The summed E-state index contributed by atoms with van der Waals surface area (Å²) in [6.45, 7) is 7.42. The second kappa shape index (κ2) is 10.9. The second-order valence-corrected chi connectivity index (χ2v) is 5.84. The van der Waals surface area contributed by atoms with E-state index in [9.17, 15) is 0 Å². The molecule has 0 aromatic rings. The topological polar surface area (TPSA) is 30.8 Å². The van der Waals surface area contributed by atoms with E-state index >= 15 is 0 Å². The van der Waals surface area contributed by atoms with E-state index in [0.29, 0.717) is 15.1 Å². The molecule has 0 bridgehead atoms. The number of aliphatic imine (C=N–C) groups is 1. The highest BCUT2D eigenvalue weighted by atomic mass is 28.2. The van der Waals surface area contributed by atoms with E-state index in [1.54, 1.807) is 14.2 Å². The van der Waals surface area contributed by atoms with Crippen molar-refractivity contribution in [3.05, 3.63) is 0 Å². The Hall–Kier alpha value is -0.193. The molecule has 0 aromatic heterocycles. The van der Waals surface area contributed by atoms with Crippen LogP contribution in [0.25, 0.3) is 0 Å².